The van der Waals surface area contributed by atoms with Crippen LogP contribution in [0.3, 0.4) is 0 Å². The second-order valence-electron chi connectivity index (χ2n) is 4.98. The first-order valence-corrected chi connectivity index (χ1v) is 7.27. The van der Waals surface area contributed by atoms with Gasteiger partial charge in [-0.1, -0.05) is 35.0 Å². The van der Waals surface area contributed by atoms with Gasteiger partial charge in [0.2, 0.25) is 0 Å². The minimum Gasteiger partial charge on any atom is -0.360 e. The van der Waals surface area contributed by atoms with Crippen LogP contribution in [0.15, 0.2) is 28.8 Å². The van der Waals surface area contributed by atoms with Gasteiger partial charge in [-0.15, -0.1) is 12.4 Å². The zero-order chi connectivity index (χ0) is 14.8. The van der Waals surface area contributed by atoms with Crippen LogP contribution < -0.4 is 5.32 Å². The largest absolute Gasteiger partial charge is 0.360 e. The van der Waals surface area contributed by atoms with Gasteiger partial charge in [-0.25, -0.2) is 0 Å². The number of piperazine rings is 1. The zero-order valence-corrected chi connectivity index (χ0v) is 13.7. The van der Waals surface area contributed by atoms with E-state index < -0.39 is 0 Å². The second kappa shape index (κ2) is 7.13. The minimum atomic E-state index is -0.0508. The van der Waals surface area contributed by atoms with E-state index in [-0.39, 0.29) is 18.3 Å². The van der Waals surface area contributed by atoms with Crippen LogP contribution in [0.5, 0.6) is 0 Å². The van der Waals surface area contributed by atoms with Gasteiger partial charge in [-0.2, -0.15) is 0 Å². The molecule has 0 spiro atoms. The lowest BCUT2D eigenvalue weighted by atomic mass is 10.0. The highest BCUT2D eigenvalue weighted by Crippen LogP contribution is 2.31. The number of rotatable bonds is 2. The monoisotopic (exact) mass is 341 g/mol. The fourth-order valence-corrected chi connectivity index (χ4v) is 2.71. The summed E-state index contributed by atoms with van der Waals surface area (Å²) in [6.45, 7) is 4.73. The van der Waals surface area contributed by atoms with E-state index in [2.05, 4.69) is 10.5 Å². The zero-order valence-electron chi connectivity index (χ0n) is 12.1. The predicted octanol–water partition coefficient (Wildman–Crippen LogP) is 2.77. The van der Waals surface area contributed by atoms with Gasteiger partial charge >= 0.3 is 0 Å². The smallest absolute Gasteiger partial charge is 0.259 e. The van der Waals surface area contributed by atoms with E-state index >= 15 is 0 Å². The SMILES string of the molecule is Cc1onc(-c2ccccc2Cl)c1C(=O)N1CCNCC1.Cl. The number of nitrogens with zero attached hydrogens (tertiary/aromatic N) is 2. The summed E-state index contributed by atoms with van der Waals surface area (Å²) < 4.78 is 5.25. The van der Waals surface area contributed by atoms with Crippen LogP contribution in [0.4, 0.5) is 0 Å². The number of hydrogen-bond donors (Lipinski definition) is 1. The van der Waals surface area contributed by atoms with Crippen molar-refractivity contribution in [2.45, 2.75) is 6.92 Å². The molecule has 1 amide bonds. The van der Waals surface area contributed by atoms with Gasteiger partial charge in [0, 0.05) is 31.7 Å². The van der Waals surface area contributed by atoms with Crippen molar-refractivity contribution in [1.82, 2.24) is 15.4 Å². The Balaban J connectivity index is 0.00000176. The van der Waals surface area contributed by atoms with E-state index in [9.17, 15) is 4.79 Å². The number of aromatic nitrogens is 1. The molecule has 5 nitrogen and oxygen atoms in total. The Morgan fingerprint density at radius 3 is 2.68 bits per heavy atom. The van der Waals surface area contributed by atoms with Crippen LogP contribution in [0.2, 0.25) is 5.02 Å². The Kier molecular flexibility index (Phi) is 5.45. The third-order valence-corrected chi connectivity index (χ3v) is 3.94. The van der Waals surface area contributed by atoms with Gasteiger partial charge in [0.15, 0.2) is 0 Å². The first-order chi connectivity index (χ1) is 10.2. The summed E-state index contributed by atoms with van der Waals surface area (Å²) in [6.07, 6.45) is 0. The number of carbonyl (C=O) groups excluding carboxylic acids is 1. The van der Waals surface area contributed by atoms with Crippen molar-refractivity contribution in [3.8, 4) is 11.3 Å². The number of benzene rings is 1. The molecule has 7 heteroatoms. The molecule has 1 aromatic heterocycles. The van der Waals surface area contributed by atoms with Crippen molar-refractivity contribution >= 4 is 29.9 Å². The number of halogens is 2. The van der Waals surface area contributed by atoms with Crippen LogP contribution in [-0.4, -0.2) is 42.1 Å². The van der Waals surface area contributed by atoms with E-state index in [1.807, 2.05) is 23.1 Å². The summed E-state index contributed by atoms with van der Waals surface area (Å²) in [5.41, 5.74) is 1.74. The van der Waals surface area contributed by atoms with Crippen molar-refractivity contribution in [1.29, 1.82) is 0 Å². The highest BCUT2D eigenvalue weighted by atomic mass is 35.5. The Morgan fingerprint density at radius 1 is 1.32 bits per heavy atom. The minimum absolute atomic E-state index is 0. The van der Waals surface area contributed by atoms with Crippen LogP contribution in [0, 0.1) is 6.92 Å². The van der Waals surface area contributed by atoms with Gasteiger partial charge in [-0.05, 0) is 13.0 Å². The molecule has 1 aromatic carbocycles. The predicted molar refractivity (Wildman–Crippen MR) is 87.7 cm³/mol. The van der Waals surface area contributed by atoms with Crippen LogP contribution >= 0.6 is 24.0 Å². The van der Waals surface area contributed by atoms with Gasteiger partial charge in [0.25, 0.3) is 5.91 Å². The van der Waals surface area contributed by atoms with E-state index in [1.165, 1.54) is 0 Å². The normalized spacial score (nSPS) is 14.5. The number of nitrogens with one attached hydrogen (secondary N) is 1. The maximum atomic E-state index is 12.7. The molecule has 0 radical (unpaired) electrons. The third-order valence-electron chi connectivity index (χ3n) is 3.61. The van der Waals surface area contributed by atoms with Crippen molar-refractivity contribution in [3.63, 3.8) is 0 Å². The molecule has 3 rings (SSSR count). The number of hydrogen-bond acceptors (Lipinski definition) is 4. The van der Waals surface area contributed by atoms with Crippen molar-refractivity contribution in [3.05, 3.63) is 40.6 Å². The standard InChI is InChI=1S/C15H16ClN3O2.ClH/c1-10-13(15(20)19-8-6-17-7-9-19)14(18-21-10)11-4-2-3-5-12(11)16;/h2-5,17H,6-9H2,1H3;1H. The van der Waals surface area contributed by atoms with E-state index in [4.69, 9.17) is 16.1 Å². The lowest BCUT2D eigenvalue weighted by Crippen LogP contribution is -2.46. The van der Waals surface area contributed by atoms with E-state index in [0.717, 1.165) is 18.7 Å². The molecule has 1 saturated heterocycles. The number of aryl methyl sites for hydroxylation is 1. The topological polar surface area (TPSA) is 58.4 Å². The first-order valence-electron chi connectivity index (χ1n) is 6.89. The van der Waals surface area contributed by atoms with E-state index in [1.54, 1.807) is 13.0 Å². The maximum Gasteiger partial charge on any atom is 0.259 e. The van der Waals surface area contributed by atoms with E-state index in [0.29, 0.717) is 35.1 Å². The molecule has 1 fully saturated rings. The Morgan fingerprint density at radius 2 is 2.00 bits per heavy atom. The highest BCUT2D eigenvalue weighted by molar-refractivity contribution is 6.33. The Hall–Kier alpha value is -1.56. The summed E-state index contributed by atoms with van der Waals surface area (Å²) in [5, 5.41) is 7.83. The van der Waals surface area contributed by atoms with Gasteiger partial charge < -0.3 is 14.7 Å². The molecule has 2 heterocycles. The number of carbonyl (C=O) groups is 1. The molecular formula is C15H17Cl2N3O2. The molecule has 118 valence electrons. The van der Waals surface area contributed by atoms with Gasteiger partial charge in [0.05, 0.1) is 5.02 Å². The fourth-order valence-electron chi connectivity index (χ4n) is 2.49. The molecule has 1 aliphatic heterocycles. The molecule has 1 aliphatic rings. The first kappa shape index (κ1) is 16.8. The fraction of sp³-hybridized carbons (Fsp3) is 0.333. The molecule has 2 aromatic rings. The van der Waals surface area contributed by atoms with Crippen molar-refractivity contribution in [2.24, 2.45) is 0 Å². The average molecular weight is 342 g/mol. The summed E-state index contributed by atoms with van der Waals surface area (Å²) >= 11 is 6.21. The molecule has 0 unspecified atom stereocenters. The molecule has 0 bridgehead atoms. The summed E-state index contributed by atoms with van der Waals surface area (Å²) in [5.74, 6) is 0.471. The molecule has 1 N–H and O–H groups in total. The summed E-state index contributed by atoms with van der Waals surface area (Å²) in [6, 6.07) is 7.33. The van der Waals surface area contributed by atoms with Crippen molar-refractivity contribution in [2.75, 3.05) is 26.2 Å². The molecule has 22 heavy (non-hydrogen) atoms. The van der Waals surface area contributed by atoms with Crippen LogP contribution in [0.25, 0.3) is 11.3 Å². The third kappa shape index (κ3) is 3.11. The van der Waals surface area contributed by atoms with Gasteiger partial charge in [0.1, 0.15) is 17.0 Å². The molecule has 0 aliphatic carbocycles. The second-order valence-corrected chi connectivity index (χ2v) is 5.39. The highest BCUT2D eigenvalue weighted by Gasteiger charge is 2.27. The molecule has 0 atom stereocenters. The quantitative estimate of drug-likeness (QED) is 0.912. The molecular weight excluding hydrogens is 325 g/mol. The summed E-state index contributed by atoms with van der Waals surface area (Å²) in [7, 11) is 0. The van der Waals surface area contributed by atoms with Crippen LogP contribution in [0.1, 0.15) is 16.1 Å². The lowest BCUT2D eigenvalue weighted by Gasteiger charge is -2.27. The summed E-state index contributed by atoms with van der Waals surface area (Å²) in [4.78, 5) is 14.6. The van der Waals surface area contributed by atoms with Crippen molar-refractivity contribution < 1.29 is 9.32 Å². The van der Waals surface area contributed by atoms with Gasteiger partial charge in [-0.3, -0.25) is 4.79 Å². The Labute approximate surface area is 140 Å². The molecule has 0 saturated carbocycles. The lowest BCUT2D eigenvalue weighted by molar-refractivity contribution is 0.0734. The average Bonchev–Trinajstić information content (AvgIpc) is 2.89. The maximum absolute atomic E-state index is 12.7. The van der Waals surface area contributed by atoms with Crippen LogP contribution in [-0.2, 0) is 0 Å². The Bertz CT molecular complexity index is 667. The number of amides is 1.